The fraction of sp³-hybridized carbons (Fsp3) is 0.250. The van der Waals surface area contributed by atoms with E-state index in [2.05, 4.69) is 80.5 Å². The second-order valence-corrected chi connectivity index (χ2v) is 7.22. The first kappa shape index (κ1) is 19.8. The predicted octanol–water partition coefficient (Wildman–Crippen LogP) is 3.64. The van der Waals surface area contributed by atoms with E-state index in [9.17, 15) is 0 Å². The Labute approximate surface area is 177 Å². The van der Waals surface area contributed by atoms with Crippen molar-refractivity contribution < 1.29 is 0 Å². The van der Waals surface area contributed by atoms with Gasteiger partial charge in [0.25, 0.3) is 0 Å². The predicted molar refractivity (Wildman–Crippen MR) is 123 cm³/mol. The third kappa shape index (κ3) is 5.08. The molecular weight excluding hydrogens is 372 g/mol. The summed E-state index contributed by atoms with van der Waals surface area (Å²) in [5.41, 5.74) is 4.63. The fourth-order valence-electron chi connectivity index (χ4n) is 3.42. The molecule has 4 aromatic rings. The summed E-state index contributed by atoms with van der Waals surface area (Å²) in [6.45, 7) is 6.12. The standard InChI is InChI=1S/C24H28N6/c1-2-25-24(26-13-16-29-14-5-6-15-29)27-17-20-9-11-21(12-10-20)18-30-19-28-22-7-3-4-8-23(22)30/h3-12,14-15,19H,2,13,16-18H2,1H3,(H2,25,26,27). The van der Waals surface area contributed by atoms with Crippen molar-refractivity contribution in [3.8, 4) is 0 Å². The van der Waals surface area contributed by atoms with E-state index < -0.39 is 0 Å². The van der Waals surface area contributed by atoms with Crippen molar-refractivity contribution in [3.63, 3.8) is 0 Å². The van der Waals surface area contributed by atoms with Crippen molar-refractivity contribution in [1.82, 2.24) is 24.8 Å². The molecule has 0 aliphatic carbocycles. The SMILES string of the molecule is CCNC(=NCc1ccc(Cn2cnc3ccccc32)cc1)NCCn1cccc1. The number of aliphatic imine (C=N–C) groups is 1. The molecule has 154 valence electrons. The van der Waals surface area contributed by atoms with Gasteiger partial charge in [-0.3, -0.25) is 0 Å². The highest BCUT2D eigenvalue weighted by Gasteiger charge is 2.03. The van der Waals surface area contributed by atoms with Crippen LogP contribution in [0.3, 0.4) is 0 Å². The fourth-order valence-corrected chi connectivity index (χ4v) is 3.42. The summed E-state index contributed by atoms with van der Waals surface area (Å²) in [5, 5.41) is 6.71. The molecule has 6 nitrogen and oxygen atoms in total. The van der Waals surface area contributed by atoms with Crippen molar-refractivity contribution in [2.45, 2.75) is 26.6 Å². The van der Waals surface area contributed by atoms with Crippen molar-refractivity contribution in [1.29, 1.82) is 0 Å². The smallest absolute Gasteiger partial charge is 0.191 e. The molecule has 30 heavy (non-hydrogen) atoms. The highest BCUT2D eigenvalue weighted by Crippen LogP contribution is 2.14. The molecule has 2 heterocycles. The van der Waals surface area contributed by atoms with Gasteiger partial charge < -0.3 is 19.8 Å². The summed E-state index contributed by atoms with van der Waals surface area (Å²) < 4.78 is 4.33. The zero-order valence-corrected chi connectivity index (χ0v) is 17.3. The third-order valence-corrected chi connectivity index (χ3v) is 5.00. The number of para-hydroxylation sites is 2. The number of nitrogens with one attached hydrogen (secondary N) is 2. The van der Waals surface area contributed by atoms with E-state index in [1.807, 2.05) is 30.6 Å². The Hall–Kier alpha value is -3.54. The molecule has 0 aliphatic rings. The Kier molecular flexibility index (Phi) is 6.44. The quantitative estimate of drug-likeness (QED) is 0.351. The number of hydrogen-bond donors (Lipinski definition) is 2. The minimum Gasteiger partial charge on any atom is -0.357 e. The molecule has 0 spiro atoms. The molecule has 0 amide bonds. The van der Waals surface area contributed by atoms with Crippen LogP contribution in [0.2, 0.25) is 0 Å². The first-order valence-corrected chi connectivity index (χ1v) is 10.4. The lowest BCUT2D eigenvalue weighted by atomic mass is 10.1. The minimum atomic E-state index is 0.646. The Morgan fingerprint density at radius 1 is 0.933 bits per heavy atom. The first-order chi connectivity index (χ1) is 14.8. The van der Waals surface area contributed by atoms with Crippen LogP contribution in [0.25, 0.3) is 11.0 Å². The Bertz CT molecular complexity index is 1080. The highest BCUT2D eigenvalue weighted by atomic mass is 15.2. The Balaban J connectivity index is 1.34. The van der Waals surface area contributed by atoms with Crippen LogP contribution in [-0.4, -0.2) is 33.2 Å². The summed E-state index contributed by atoms with van der Waals surface area (Å²) in [4.78, 5) is 9.19. The average Bonchev–Trinajstić information content (AvgIpc) is 3.43. The lowest BCUT2D eigenvalue weighted by Crippen LogP contribution is -2.38. The maximum atomic E-state index is 4.72. The number of benzene rings is 2. The molecular formula is C24H28N6. The van der Waals surface area contributed by atoms with Crippen LogP contribution in [0.1, 0.15) is 18.1 Å². The molecule has 2 aromatic carbocycles. The van der Waals surface area contributed by atoms with Crippen LogP contribution in [-0.2, 0) is 19.6 Å². The van der Waals surface area contributed by atoms with Gasteiger partial charge in [-0.15, -0.1) is 0 Å². The van der Waals surface area contributed by atoms with Gasteiger partial charge in [0.05, 0.1) is 23.9 Å². The van der Waals surface area contributed by atoms with Crippen LogP contribution in [0.4, 0.5) is 0 Å². The number of aromatic nitrogens is 3. The van der Waals surface area contributed by atoms with Crippen LogP contribution in [0.15, 0.2) is 84.4 Å². The van der Waals surface area contributed by atoms with Crippen molar-refractivity contribution >= 4 is 17.0 Å². The first-order valence-electron chi connectivity index (χ1n) is 10.4. The molecule has 2 aromatic heterocycles. The van der Waals surface area contributed by atoms with E-state index in [0.29, 0.717) is 6.54 Å². The molecule has 0 bridgehead atoms. The molecule has 2 N–H and O–H groups in total. The van der Waals surface area contributed by atoms with Gasteiger partial charge in [-0.25, -0.2) is 9.98 Å². The topological polar surface area (TPSA) is 59.2 Å². The molecule has 0 saturated heterocycles. The number of fused-ring (bicyclic) bond motifs is 1. The van der Waals surface area contributed by atoms with Gasteiger partial charge in [0.15, 0.2) is 5.96 Å². The van der Waals surface area contributed by atoms with Gasteiger partial charge in [-0.05, 0) is 42.3 Å². The van der Waals surface area contributed by atoms with E-state index in [4.69, 9.17) is 4.99 Å². The van der Waals surface area contributed by atoms with E-state index >= 15 is 0 Å². The summed E-state index contributed by atoms with van der Waals surface area (Å²) >= 11 is 0. The molecule has 6 heteroatoms. The van der Waals surface area contributed by atoms with Gasteiger partial charge in [-0.2, -0.15) is 0 Å². The number of hydrogen-bond acceptors (Lipinski definition) is 2. The van der Waals surface area contributed by atoms with Crippen LogP contribution >= 0.6 is 0 Å². The zero-order chi connectivity index (χ0) is 20.6. The number of nitrogens with zero attached hydrogens (tertiary/aromatic N) is 4. The number of imidazole rings is 1. The molecule has 0 saturated carbocycles. The van der Waals surface area contributed by atoms with Gasteiger partial charge >= 0.3 is 0 Å². The summed E-state index contributed by atoms with van der Waals surface area (Å²) in [6.07, 6.45) is 6.05. The number of guanidine groups is 1. The van der Waals surface area contributed by atoms with Crippen LogP contribution < -0.4 is 10.6 Å². The summed E-state index contributed by atoms with van der Waals surface area (Å²) in [7, 11) is 0. The number of rotatable bonds is 8. The van der Waals surface area contributed by atoms with Gasteiger partial charge in [0, 0.05) is 38.6 Å². The maximum Gasteiger partial charge on any atom is 0.191 e. The van der Waals surface area contributed by atoms with Crippen molar-refractivity contribution in [3.05, 3.63) is 90.5 Å². The van der Waals surface area contributed by atoms with E-state index in [1.54, 1.807) is 0 Å². The van der Waals surface area contributed by atoms with Gasteiger partial charge in [-0.1, -0.05) is 36.4 Å². The molecule has 0 radical (unpaired) electrons. The van der Waals surface area contributed by atoms with E-state index in [1.165, 1.54) is 11.1 Å². The molecule has 0 fully saturated rings. The molecule has 0 unspecified atom stereocenters. The van der Waals surface area contributed by atoms with Crippen molar-refractivity contribution in [2.24, 2.45) is 4.99 Å². The lowest BCUT2D eigenvalue weighted by Gasteiger charge is -2.12. The second-order valence-electron chi connectivity index (χ2n) is 7.22. The lowest BCUT2D eigenvalue weighted by molar-refractivity contribution is 0.666. The van der Waals surface area contributed by atoms with Gasteiger partial charge in [0.1, 0.15) is 0 Å². The second kappa shape index (κ2) is 9.78. The monoisotopic (exact) mass is 400 g/mol. The normalized spacial score (nSPS) is 11.7. The van der Waals surface area contributed by atoms with E-state index in [-0.39, 0.29) is 0 Å². The zero-order valence-electron chi connectivity index (χ0n) is 17.3. The Morgan fingerprint density at radius 2 is 1.70 bits per heavy atom. The van der Waals surface area contributed by atoms with Gasteiger partial charge in [0.2, 0.25) is 0 Å². The maximum absolute atomic E-state index is 4.72. The molecule has 4 rings (SSSR count). The highest BCUT2D eigenvalue weighted by molar-refractivity contribution is 5.79. The summed E-state index contributed by atoms with van der Waals surface area (Å²) in [6, 6.07) is 21.0. The molecule has 0 atom stereocenters. The van der Waals surface area contributed by atoms with Crippen LogP contribution in [0.5, 0.6) is 0 Å². The third-order valence-electron chi connectivity index (χ3n) is 5.00. The minimum absolute atomic E-state index is 0.646. The largest absolute Gasteiger partial charge is 0.357 e. The van der Waals surface area contributed by atoms with E-state index in [0.717, 1.165) is 43.2 Å². The Morgan fingerprint density at radius 3 is 2.50 bits per heavy atom. The summed E-state index contributed by atoms with van der Waals surface area (Å²) in [5.74, 6) is 0.846. The average molecular weight is 401 g/mol. The molecule has 0 aliphatic heterocycles. The van der Waals surface area contributed by atoms with Crippen molar-refractivity contribution in [2.75, 3.05) is 13.1 Å². The van der Waals surface area contributed by atoms with Crippen LogP contribution in [0, 0.1) is 0 Å².